The molecule has 0 saturated heterocycles. The molecule has 0 radical (unpaired) electrons. The molecule has 1 aromatic rings. The Labute approximate surface area is 126 Å². The van der Waals surface area contributed by atoms with Crippen LogP contribution >= 0.6 is 0 Å². The first-order valence-electron chi connectivity index (χ1n) is 8.15. The molecule has 112 valence electrons. The summed E-state index contributed by atoms with van der Waals surface area (Å²) >= 11 is 0. The quantitative estimate of drug-likeness (QED) is 0.805. The van der Waals surface area contributed by atoms with Crippen molar-refractivity contribution in [2.24, 2.45) is 23.7 Å². The Morgan fingerprint density at radius 3 is 1.67 bits per heavy atom. The Bertz CT molecular complexity index is 447. The van der Waals surface area contributed by atoms with E-state index in [0.717, 1.165) is 11.6 Å². The van der Waals surface area contributed by atoms with Crippen LogP contribution in [0.25, 0.3) is 6.08 Å². The average molecular weight is 284 g/mol. The van der Waals surface area contributed by atoms with Gasteiger partial charge < -0.3 is 5.11 Å². The highest BCUT2D eigenvalue weighted by molar-refractivity contribution is 5.85. The first-order chi connectivity index (χ1) is 10.2. The van der Waals surface area contributed by atoms with Crippen molar-refractivity contribution in [2.75, 3.05) is 0 Å². The van der Waals surface area contributed by atoms with E-state index in [1.165, 1.54) is 23.7 Å². The maximum Gasteiger partial charge on any atom is 0.328 e. The van der Waals surface area contributed by atoms with Crippen LogP contribution in [0.3, 0.4) is 0 Å². The second kappa shape index (κ2) is 6.46. The van der Waals surface area contributed by atoms with Gasteiger partial charge >= 0.3 is 5.97 Å². The first kappa shape index (κ1) is 14.4. The molecule has 0 unspecified atom stereocenters. The lowest BCUT2D eigenvalue weighted by atomic mass is 9.56. The Kier molecular flexibility index (Phi) is 4.42. The Morgan fingerprint density at radius 1 is 0.857 bits per heavy atom. The molecule has 4 aliphatic rings. The molecule has 0 amide bonds. The van der Waals surface area contributed by atoms with Crippen molar-refractivity contribution in [2.45, 2.75) is 38.5 Å². The predicted molar refractivity (Wildman–Crippen MR) is 84.8 cm³/mol. The molecule has 0 aromatic heterocycles. The van der Waals surface area contributed by atoms with Gasteiger partial charge in [0.25, 0.3) is 0 Å². The Hall–Kier alpha value is -1.57. The fourth-order valence-electron chi connectivity index (χ4n) is 4.71. The average Bonchev–Trinajstić information content (AvgIpc) is 2.45. The van der Waals surface area contributed by atoms with Crippen LogP contribution in [0.15, 0.2) is 36.4 Å². The van der Waals surface area contributed by atoms with Gasteiger partial charge in [-0.25, -0.2) is 4.79 Å². The first-order valence-corrected chi connectivity index (χ1v) is 8.15. The molecule has 0 aliphatic heterocycles. The van der Waals surface area contributed by atoms with Gasteiger partial charge in [-0.05, 0) is 73.8 Å². The highest BCUT2D eigenvalue weighted by Gasteiger charge is 2.41. The van der Waals surface area contributed by atoms with Crippen molar-refractivity contribution in [1.29, 1.82) is 0 Å². The number of benzene rings is 1. The van der Waals surface area contributed by atoms with E-state index in [4.69, 9.17) is 5.11 Å². The van der Waals surface area contributed by atoms with Gasteiger partial charge in [-0.15, -0.1) is 0 Å². The van der Waals surface area contributed by atoms with Crippen molar-refractivity contribution in [3.8, 4) is 0 Å². The molecular formula is C19H24O2. The van der Waals surface area contributed by atoms with Crippen molar-refractivity contribution < 1.29 is 9.90 Å². The Balaban J connectivity index is 0.000000126. The summed E-state index contributed by atoms with van der Waals surface area (Å²) in [6, 6.07) is 9.31. The van der Waals surface area contributed by atoms with Crippen LogP contribution in [0, 0.1) is 23.7 Å². The fraction of sp³-hybridized carbons (Fsp3) is 0.526. The van der Waals surface area contributed by atoms with Gasteiger partial charge in [-0.1, -0.05) is 30.3 Å². The van der Waals surface area contributed by atoms with Crippen LogP contribution < -0.4 is 0 Å². The summed E-state index contributed by atoms with van der Waals surface area (Å²) in [6.45, 7) is 0. The zero-order valence-electron chi connectivity index (χ0n) is 12.4. The molecule has 4 saturated carbocycles. The second-order valence-electron chi connectivity index (χ2n) is 6.96. The molecule has 4 aliphatic carbocycles. The topological polar surface area (TPSA) is 37.3 Å². The summed E-state index contributed by atoms with van der Waals surface area (Å²) in [5.74, 6) is 3.79. The van der Waals surface area contributed by atoms with E-state index >= 15 is 0 Å². The van der Waals surface area contributed by atoms with E-state index in [1.807, 2.05) is 30.3 Å². The minimum absolute atomic E-state index is 0.898. The molecule has 4 bridgehead atoms. The van der Waals surface area contributed by atoms with Crippen LogP contribution in [-0.2, 0) is 4.79 Å². The van der Waals surface area contributed by atoms with Crippen LogP contribution in [0.4, 0.5) is 0 Å². The molecule has 1 aromatic carbocycles. The van der Waals surface area contributed by atoms with Crippen LogP contribution in [0.2, 0.25) is 0 Å². The monoisotopic (exact) mass is 284 g/mol. The molecule has 4 fully saturated rings. The highest BCUT2D eigenvalue weighted by Crippen LogP contribution is 2.53. The van der Waals surface area contributed by atoms with Crippen molar-refractivity contribution in [3.63, 3.8) is 0 Å². The molecule has 0 heterocycles. The van der Waals surface area contributed by atoms with Gasteiger partial charge in [0.15, 0.2) is 0 Å². The second-order valence-corrected chi connectivity index (χ2v) is 6.96. The van der Waals surface area contributed by atoms with Gasteiger partial charge in [0, 0.05) is 6.08 Å². The molecule has 0 atom stereocenters. The van der Waals surface area contributed by atoms with Crippen molar-refractivity contribution >= 4 is 12.0 Å². The minimum atomic E-state index is -0.922. The fourth-order valence-corrected chi connectivity index (χ4v) is 4.71. The number of rotatable bonds is 2. The molecule has 2 nitrogen and oxygen atoms in total. The van der Waals surface area contributed by atoms with Crippen molar-refractivity contribution in [3.05, 3.63) is 42.0 Å². The number of carbonyl (C=O) groups is 1. The zero-order valence-corrected chi connectivity index (χ0v) is 12.4. The molecule has 21 heavy (non-hydrogen) atoms. The van der Waals surface area contributed by atoms with E-state index in [0.29, 0.717) is 0 Å². The lowest BCUT2D eigenvalue weighted by Crippen LogP contribution is -2.38. The largest absolute Gasteiger partial charge is 0.478 e. The summed E-state index contributed by atoms with van der Waals surface area (Å²) in [5, 5.41) is 8.29. The molecule has 5 rings (SSSR count). The predicted octanol–water partition coefficient (Wildman–Crippen LogP) is 4.62. The summed E-state index contributed by atoms with van der Waals surface area (Å²) in [6.07, 6.45) is 12.3. The lowest BCUT2D eigenvalue weighted by Gasteiger charge is -2.49. The normalized spacial score (nSPS) is 32.8. The third-order valence-corrected chi connectivity index (χ3v) is 5.22. The van der Waals surface area contributed by atoms with Crippen molar-refractivity contribution in [1.82, 2.24) is 0 Å². The maximum absolute atomic E-state index is 10.1. The number of hydrogen-bond donors (Lipinski definition) is 1. The van der Waals surface area contributed by atoms with Crippen LogP contribution in [-0.4, -0.2) is 11.1 Å². The Morgan fingerprint density at radius 2 is 1.29 bits per heavy atom. The number of hydrogen-bond acceptors (Lipinski definition) is 1. The summed E-state index contributed by atoms with van der Waals surface area (Å²) in [7, 11) is 0. The molecule has 0 spiro atoms. The highest BCUT2D eigenvalue weighted by atomic mass is 16.4. The smallest absolute Gasteiger partial charge is 0.328 e. The number of carboxylic acid groups (broad SMARTS) is 1. The van der Waals surface area contributed by atoms with E-state index in [9.17, 15) is 4.79 Å². The van der Waals surface area contributed by atoms with Gasteiger partial charge in [-0.2, -0.15) is 0 Å². The molecule has 1 N–H and O–H groups in total. The molecule has 2 heteroatoms. The lowest BCUT2D eigenvalue weighted by molar-refractivity contribution is -0.131. The SMILES string of the molecule is C1C2CC3CC1CC(C2)C3.O=C(O)/C=C/c1ccccc1. The van der Waals surface area contributed by atoms with Gasteiger partial charge in [0.2, 0.25) is 0 Å². The summed E-state index contributed by atoms with van der Waals surface area (Å²) in [5.41, 5.74) is 0.898. The van der Waals surface area contributed by atoms with E-state index in [2.05, 4.69) is 0 Å². The van der Waals surface area contributed by atoms with E-state index in [-0.39, 0.29) is 0 Å². The number of aliphatic carboxylic acids is 1. The van der Waals surface area contributed by atoms with Gasteiger partial charge in [0.1, 0.15) is 0 Å². The summed E-state index contributed by atoms with van der Waals surface area (Å²) in [4.78, 5) is 10.1. The molecular weight excluding hydrogens is 260 g/mol. The van der Waals surface area contributed by atoms with Gasteiger partial charge in [-0.3, -0.25) is 0 Å². The number of carboxylic acids is 1. The van der Waals surface area contributed by atoms with Crippen LogP contribution in [0.1, 0.15) is 44.1 Å². The standard InChI is InChI=1S/C10H16.C9H8O2/c1-7-2-9-4-8(1)5-10(3-7)6-9;10-9(11)7-6-8-4-2-1-3-5-8/h7-10H,1-6H2;1-7H,(H,10,11)/b;7-6+. The van der Waals surface area contributed by atoms with E-state index in [1.54, 1.807) is 44.6 Å². The zero-order chi connectivity index (χ0) is 14.7. The third-order valence-electron chi connectivity index (χ3n) is 5.22. The van der Waals surface area contributed by atoms with Gasteiger partial charge in [0.05, 0.1) is 0 Å². The minimum Gasteiger partial charge on any atom is -0.478 e. The summed E-state index contributed by atoms with van der Waals surface area (Å²) < 4.78 is 0. The third kappa shape index (κ3) is 3.96. The van der Waals surface area contributed by atoms with Crippen LogP contribution in [0.5, 0.6) is 0 Å². The maximum atomic E-state index is 10.1. The van der Waals surface area contributed by atoms with E-state index < -0.39 is 5.97 Å².